The molecule has 0 atom stereocenters. The topological polar surface area (TPSA) is 20.3 Å². The molecule has 0 heterocycles. The van der Waals surface area contributed by atoms with Crippen LogP contribution in [0.5, 0.6) is 0 Å². The van der Waals surface area contributed by atoms with Crippen LogP contribution >= 0.6 is 11.6 Å². The summed E-state index contributed by atoms with van der Waals surface area (Å²) >= 11 is 5.89. The average Bonchev–Trinajstić information content (AvgIpc) is 2.91. The molecule has 0 saturated heterocycles. The molecule has 0 bridgehead atoms. The van der Waals surface area contributed by atoms with Crippen molar-refractivity contribution in [2.45, 2.75) is 45.6 Å². The van der Waals surface area contributed by atoms with E-state index in [1.165, 1.54) is 18.2 Å². The molecule has 1 aromatic carbocycles. The smallest absolute Gasteiger partial charge is 0.257 e. The minimum absolute atomic E-state index is 0.0880. The SMILES string of the molecule is CC(C)CN(C(=O)c1cc(Cl)ccc1F)C1CCCC1. The van der Waals surface area contributed by atoms with E-state index in [0.717, 1.165) is 25.7 Å². The monoisotopic (exact) mass is 297 g/mol. The highest BCUT2D eigenvalue weighted by atomic mass is 35.5. The number of halogens is 2. The van der Waals surface area contributed by atoms with Crippen molar-refractivity contribution in [3.05, 3.63) is 34.6 Å². The molecule has 0 N–H and O–H groups in total. The van der Waals surface area contributed by atoms with Gasteiger partial charge in [-0.15, -0.1) is 0 Å². The van der Waals surface area contributed by atoms with Crippen LogP contribution in [0.2, 0.25) is 5.02 Å². The molecule has 0 aromatic heterocycles. The first-order chi connectivity index (χ1) is 9.49. The van der Waals surface area contributed by atoms with Crippen LogP contribution in [0.4, 0.5) is 4.39 Å². The summed E-state index contributed by atoms with van der Waals surface area (Å²) in [7, 11) is 0. The number of nitrogens with zero attached hydrogens (tertiary/aromatic N) is 1. The Morgan fingerprint density at radius 1 is 1.40 bits per heavy atom. The Balaban J connectivity index is 2.27. The number of amides is 1. The van der Waals surface area contributed by atoms with E-state index in [0.29, 0.717) is 17.5 Å². The maximum Gasteiger partial charge on any atom is 0.257 e. The molecule has 0 radical (unpaired) electrons. The molecule has 1 saturated carbocycles. The summed E-state index contributed by atoms with van der Waals surface area (Å²) in [5.41, 5.74) is 0.0880. The number of hydrogen-bond acceptors (Lipinski definition) is 1. The summed E-state index contributed by atoms with van der Waals surface area (Å²) in [6.07, 6.45) is 4.32. The Kier molecular flexibility index (Phi) is 5.03. The lowest BCUT2D eigenvalue weighted by atomic mass is 10.1. The second-order valence-electron chi connectivity index (χ2n) is 5.91. The van der Waals surface area contributed by atoms with Gasteiger partial charge in [-0.25, -0.2) is 4.39 Å². The van der Waals surface area contributed by atoms with E-state index >= 15 is 0 Å². The summed E-state index contributed by atoms with van der Waals surface area (Å²) in [6, 6.07) is 4.40. The third-order valence-electron chi connectivity index (χ3n) is 3.75. The third-order valence-corrected chi connectivity index (χ3v) is 3.98. The minimum Gasteiger partial charge on any atom is -0.335 e. The molecule has 1 amide bonds. The molecule has 1 aliphatic carbocycles. The zero-order valence-corrected chi connectivity index (χ0v) is 12.8. The van der Waals surface area contributed by atoms with Crippen molar-refractivity contribution in [2.24, 2.45) is 5.92 Å². The summed E-state index contributed by atoms with van der Waals surface area (Å²) in [5, 5.41) is 0.394. The maximum absolute atomic E-state index is 13.9. The average molecular weight is 298 g/mol. The number of carbonyl (C=O) groups excluding carboxylic acids is 1. The standard InChI is InChI=1S/C16H21ClFNO/c1-11(2)10-19(13-5-3-4-6-13)16(20)14-9-12(17)7-8-15(14)18/h7-9,11,13H,3-6,10H2,1-2H3. The van der Waals surface area contributed by atoms with Crippen LogP contribution in [0.25, 0.3) is 0 Å². The van der Waals surface area contributed by atoms with Crippen molar-refractivity contribution in [2.75, 3.05) is 6.54 Å². The molecule has 110 valence electrons. The first-order valence-corrected chi connectivity index (χ1v) is 7.63. The van der Waals surface area contributed by atoms with Gasteiger partial charge in [0.2, 0.25) is 0 Å². The molecule has 1 aromatic rings. The van der Waals surface area contributed by atoms with Crippen molar-refractivity contribution in [3.8, 4) is 0 Å². The highest BCUT2D eigenvalue weighted by Crippen LogP contribution is 2.27. The fourth-order valence-electron chi connectivity index (χ4n) is 2.82. The number of carbonyl (C=O) groups is 1. The summed E-state index contributed by atoms with van der Waals surface area (Å²) in [4.78, 5) is 14.5. The summed E-state index contributed by atoms with van der Waals surface area (Å²) in [6.45, 7) is 4.81. The molecule has 0 unspecified atom stereocenters. The van der Waals surface area contributed by atoms with Gasteiger partial charge >= 0.3 is 0 Å². The fourth-order valence-corrected chi connectivity index (χ4v) is 3.00. The predicted octanol–water partition coefficient (Wildman–Crippen LogP) is 4.52. The van der Waals surface area contributed by atoms with Gasteiger partial charge in [-0.3, -0.25) is 4.79 Å². The molecular formula is C16H21ClFNO. The summed E-state index contributed by atoms with van der Waals surface area (Å²) in [5.74, 6) is -0.362. The van der Waals surface area contributed by atoms with Gasteiger partial charge in [0.1, 0.15) is 5.82 Å². The van der Waals surface area contributed by atoms with Gasteiger partial charge in [-0.2, -0.15) is 0 Å². The van der Waals surface area contributed by atoms with E-state index in [4.69, 9.17) is 11.6 Å². The van der Waals surface area contributed by atoms with Gasteiger partial charge in [0, 0.05) is 17.6 Å². The Hall–Kier alpha value is -1.09. The van der Waals surface area contributed by atoms with Crippen LogP contribution in [-0.2, 0) is 0 Å². The first-order valence-electron chi connectivity index (χ1n) is 7.25. The van der Waals surface area contributed by atoms with Gasteiger partial charge in [-0.05, 0) is 37.0 Å². The van der Waals surface area contributed by atoms with Crippen LogP contribution in [0.3, 0.4) is 0 Å². The molecule has 1 aliphatic rings. The van der Waals surface area contributed by atoms with Crippen molar-refractivity contribution in [1.29, 1.82) is 0 Å². The van der Waals surface area contributed by atoms with E-state index in [1.807, 2.05) is 4.90 Å². The van der Waals surface area contributed by atoms with E-state index in [2.05, 4.69) is 13.8 Å². The quantitative estimate of drug-likeness (QED) is 0.800. The van der Waals surface area contributed by atoms with Crippen LogP contribution in [0, 0.1) is 11.7 Å². The number of hydrogen-bond donors (Lipinski definition) is 0. The lowest BCUT2D eigenvalue weighted by molar-refractivity contribution is 0.0650. The van der Waals surface area contributed by atoms with Gasteiger partial charge in [0.15, 0.2) is 0 Å². The Morgan fingerprint density at radius 2 is 2.05 bits per heavy atom. The molecule has 20 heavy (non-hydrogen) atoms. The van der Waals surface area contributed by atoms with Crippen LogP contribution in [0.1, 0.15) is 49.9 Å². The first kappa shape index (κ1) is 15.3. The minimum atomic E-state index is -0.494. The van der Waals surface area contributed by atoms with Crippen molar-refractivity contribution in [3.63, 3.8) is 0 Å². The Bertz CT molecular complexity index is 483. The zero-order chi connectivity index (χ0) is 14.7. The van der Waals surface area contributed by atoms with E-state index in [-0.39, 0.29) is 17.5 Å². The van der Waals surface area contributed by atoms with E-state index in [9.17, 15) is 9.18 Å². The Morgan fingerprint density at radius 3 is 2.65 bits per heavy atom. The zero-order valence-electron chi connectivity index (χ0n) is 12.0. The molecule has 4 heteroatoms. The summed E-state index contributed by atoms with van der Waals surface area (Å²) < 4.78 is 13.9. The second kappa shape index (κ2) is 6.57. The second-order valence-corrected chi connectivity index (χ2v) is 6.35. The molecule has 0 aliphatic heterocycles. The fraction of sp³-hybridized carbons (Fsp3) is 0.562. The van der Waals surface area contributed by atoms with Gasteiger partial charge < -0.3 is 4.90 Å². The molecule has 2 rings (SSSR count). The van der Waals surface area contributed by atoms with E-state index < -0.39 is 5.82 Å². The third kappa shape index (κ3) is 3.51. The van der Waals surface area contributed by atoms with Crippen LogP contribution < -0.4 is 0 Å². The lowest BCUT2D eigenvalue weighted by Gasteiger charge is -2.31. The van der Waals surface area contributed by atoms with Crippen molar-refractivity contribution in [1.82, 2.24) is 4.90 Å². The normalized spacial score (nSPS) is 15.8. The predicted molar refractivity (Wildman–Crippen MR) is 79.5 cm³/mol. The van der Waals surface area contributed by atoms with Gasteiger partial charge in [0.25, 0.3) is 5.91 Å². The Labute approximate surface area is 124 Å². The number of rotatable bonds is 4. The molecular weight excluding hydrogens is 277 g/mol. The highest BCUT2D eigenvalue weighted by Gasteiger charge is 2.29. The number of benzene rings is 1. The lowest BCUT2D eigenvalue weighted by Crippen LogP contribution is -2.41. The maximum atomic E-state index is 13.9. The van der Waals surface area contributed by atoms with Crippen LogP contribution in [-0.4, -0.2) is 23.4 Å². The van der Waals surface area contributed by atoms with Gasteiger partial charge in [0.05, 0.1) is 5.56 Å². The molecule has 2 nitrogen and oxygen atoms in total. The van der Waals surface area contributed by atoms with Crippen LogP contribution in [0.15, 0.2) is 18.2 Å². The van der Waals surface area contributed by atoms with Crippen molar-refractivity contribution < 1.29 is 9.18 Å². The highest BCUT2D eigenvalue weighted by molar-refractivity contribution is 6.31. The molecule has 0 spiro atoms. The van der Waals surface area contributed by atoms with E-state index in [1.54, 1.807) is 0 Å². The van der Waals surface area contributed by atoms with Crippen molar-refractivity contribution >= 4 is 17.5 Å². The largest absolute Gasteiger partial charge is 0.335 e. The van der Waals surface area contributed by atoms with Gasteiger partial charge in [-0.1, -0.05) is 38.3 Å². The molecule has 1 fully saturated rings.